The van der Waals surface area contributed by atoms with E-state index in [4.69, 9.17) is 4.98 Å². The van der Waals surface area contributed by atoms with Crippen LogP contribution >= 0.6 is 11.3 Å². The highest BCUT2D eigenvalue weighted by Gasteiger charge is 2.24. The lowest BCUT2D eigenvalue weighted by atomic mass is 9.89. The maximum atomic E-state index is 12.6. The van der Waals surface area contributed by atoms with Gasteiger partial charge in [0.15, 0.2) is 5.82 Å². The monoisotopic (exact) mass is 334 g/mol. The highest BCUT2D eigenvalue weighted by molar-refractivity contribution is 7.18. The van der Waals surface area contributed by atoms with Crippen LogP contribution in [0.5, 0.6) is 0 Å². The molecule has 0 saturated heterocycles. The zero-order valence-corrected chi connectivity index (χ0v) is 15.3. The molecule has 0 fully saturated rings. The molecule has 1 aliphatic carbocycles. The zero-order valence-electron chi connectivity index (χ0n) is 14.4. The lowest BCUT2D eigenvalue weighted by Crippen LogP contribution is -2.85. The van der Waals surface area contributed by atoms with E-state index in [2.05, 4.69) is 31.1 Å². The van der Waals surface area contributed by atoms with Crippen molar-refractivity contribution in [2.75, 3.05) is 6.54 Å². The second kappa shape index (κ2) is 7.14. The van der Waals surface area contributed by atoms with E-state index in [1.807, 2.05) is 0 Å². The molecule has 0 bridgehead atoms. The number of aryl methyl sites for hydroxylation is 1. The average Bonchev–Trinajstić information content (AvgIpc) is 2.88. The topological polar surface area (TPSA) is 62.4 Å². The Morgan fingerprint density at radius 2 is 2.26 bits per heavy atom. The van der Waals surface area contributed by atoms with Crippen LogP contribution in [0.2, 0.25) is 0 Å². The summed E-state index contributed by atoms with van der Waals surface area (Å²) in [7, 11) is 0. The lowest BCUT2D eigenvalue weighted by Gasteiger charge is -2.17. The number of hydrogen-bond acceptors (Lipinski definition) is 3. The third-order valence-corrected chi connectivity index (χ3v) is 6.09. The summed E-state index contributed by atoms with van der Waals surface area (Å²) < 4.78 is 0. The van der Waals surface area contributed by atoms with Gasteiger partial charge in [0, 0.05) is 4.88 Å². The molecule has 5 heteroatoms. The molecular formula is C18H28N3OS+. The zero-order chi connectivity index (χ0) is 16.4. The van der Waals surface area contributed by atoms with Crippen molar-refractivity contribution in [1.82, 2.24) is 9.97 Å². The SMILES string of the molecule is CCCCC[NH2+][C@@H](C)c1nc2sc3c(c2c(=O)[nH]1)CC[C@H](C)C3. The highest BCUT2D eigenvalue weighted by Crippen LogP contribution is 2.35. The van der Waals surface area contributed by atoms with Crippen LogP contribution in [0.25, 0.3) is 10.2 Å². The summed E-state index contributed by atoms with van der Waals surface area (Å²) in [6.07, 6.45) is 7.04. The molecule has 0 aromatic carbocycles. The van der Waals surface area contributed by atoms with Gasteiger partial charge in [-0.25, -0.2) is 4.98 Å². The predicted octanol–water partition coefficient (Wildman–Crippen LogP) is 2.92. The molecule has 2 aromatic heterocycles. The Morgan fingerprint density at radius 1 is 1.43 bits per heavy atom. The number of nitrogens with one attached hydrogen (secondary N) is 1. The molecule has 2 atom stereocenters. The number of fused-ring (bicyclic) bond motifs is 3. The van der Waals surface area contributed by atoms with E-state index in [0.717, 1.165) is 41.3 Å². The fourth-order valence-electron chi connectivity index (χ4n) is 3.45. The Labute approximate surface area is 141 Å². The molecule has 23 heavy (non-hydrogen) atoms. The van der Waals surface area contributed by atoms with Gasteiger partial charge in [-0.2, -0.15) is 0 Å². The summed E-state index contributed by atoms with van der Waals surface area (Å²) >= 11 is 1.74. The number of unbranched alkanes of at least 4 members (excludes halogenated alkanes) is 2. The first-order chi connectivity index (χ1) is 11.1. The average molecular weight is 335 g/mol. The van der Waals surface area contributed by atoms with Crippen molar-refractivity contribution in [1.29, 1.82) is 0 Å². The van der Waals surface area contributed by atoms with Crippen LogP contribution in [0, 0.1) is 5.92 Å². The van der Waals surface area contributed by atoms with Crippen molar-refractivity contribution < 1.29 is 5.32 Å². The second-order valence-corrected chi connectivity index (χ2v) is 8.09. The van der Waals surface area contributed by atoms with Gasteiger partial charge in [-0.05, 0) is 50.5 Å². The minimum atomic E-state index is 0.0610. The number of aromatic amines is 1. The first kappa shape index (κ1) is 16.7. The smallest absolute Gasteiger partial charge is 0.260 e. The molecule has 0 radical (unpaired) electrons. The normalized spacial score (nSPS) is 19.0. The molecule has 4 nitrogen and oxygen atoms in total. The molecular weight excluding hydrogens is 306 g/mol. The van der Waals surface area contributed by atoms with Gasteiger partial charge in [-0.1, -0.05) is 20.3 Å². The van der Waals surface area contributed by atoms with Gasteiger partial charge in [-0.15, -0.1) is 11.3 Å². The van der Waals surface area contributed by atoms with Crippen molar-refractivity contribution in [3.63, 3.8) is 0 Å². The number of rotatable bonds is 6. The maximum Gasteiger partial charge on any atom is 0.260 e. The molecule has 0 saturated carbocycles. The van der Waals surface area contributed by atoms with E-state index >= 15 is 0 Å². The van der Waals surface area contributed by atoms with Crippen LogP contribution in [-0.2, 0) is 12.8 Å². The molecule has 3 rings (SSSR count). The fourth-order valence-corrected chi connectivity index (χ4v) is 4.85. The third-order valence-electron chi connectivity index (χ3n) is 4.94. The molecule has 0 amide bonds. The molecule has 126 valence electrons. The largest absolute Gasteiger partial charge is 0.338 e. The van der Waals surface area contributed by atoms with E-state index < -0.39 is 0 Å². The number of hydrogen-bond donors (Lipinski definition) is 2. The summed E-state index contributed by atoms with van der Waals surface area (Å²) in [5.41, 5.74) is 1.33. The Bertz CT molecular complexity index is 734. The summed E-state index contributed by atoms with van der Waals surface area (Å²) in [6.45, 7) is 7.74. The quantitative estimate of drug-likeness (QED) is 0.798. The standard InChI is InChI=1S/C18H27N3OS/c1-4-5-6-9-19-12(3)16-20-17(22)15-13-8-7-11(2)10-14(13)23-18(15)21-16/h11-12,19H,4-10H2,1-3H3,(H,20,21,22)/p+1/t11-,12-/m0/s1. The summed E-state index contributed by atoms with van der Waals surface area (Å²) in [4.78, 5) is 22.8. The van der Waals surface area contributed by atoms with Gasteiger partial charge in [-0.3, -0.25) is 4.79 Å². The van der Waals surface area contributed by atoms with Crippen molar-refractivity contribution in [2.45, 2.75) is 65.3 Å². The number of H-pyrrole nitrogens is 1. The summed E-state index contributed by atoms with van der Waals surface area (Å²) in [5.74, 6) is 1.55. The Balaban J connectivity index is 1.85. The first-order valence-corrected chi connectivity index (χ1v) is 9.79. The fraction of sp³-hybridized carbons (Fsp3) is 0.667. The van der Waals surface area contributed by atoms with Gasteiger partial charge in [0.05, 0.1) is 11.9 Å². The molecule has 0 spiro atoms. The number of thiophene rings is 1. The van der Waals surface area contributed by atoms with E-state index in [1.54, 1.807) is 11.3 Å². The lowest BCUT2D eigenvalue weighted by molar-refractivity contribution is -0.694. The van der Waals surface area contributed by atoms with E-state index in [1.165, 1.54) is 36.1 Å². The third kappa shape index (κ3) is 3.50. The van der Waals surface area contributed by atoms with Gasteiger partial charge >= 0.3 is 0 Å². The van der Waals surface area contributed by atoms with Gasteiger partial charge < -0.3 is 10.3 Å². The van der Waals surface area contributed by atoms with E-state index in [-0.39, 0.29) is 11.6 Å². The molecule has 3 N–H and O–H groups in total. The van der Waals surface area contributed by atoms with Crippen LogP contribution < -0.4 is 10.9 Å². The van der Waals surface area contributed by atoms with Crippen LogP contribution in [0.1, 0.15) is 68.8 Å². The van der Waals surface area contributed by atoms with E-state index in [0.29, 0.717) is 0 Å². The van der Waals surface area contributed by atoms with Gasteiger partial charge in [0.1, 0.15) is 10.9 Å². The number of aromatic nitrogens is 2. The molecule has 0 unspecified atom stereocenters. The number of nitrogens with two attached hydrogens (primary N) is 1. The Morgan fingerprint density at radius 3 is 3.04 bits per heavy atom. The molecule has 0 aliphatic heterocycles. The Hall–Kier alpha value is -1.20. The van der Waals surface area contributed by atoms with Crippen LogP contribution in [0.3, 0.4) is 0 Å². The predicted molar refractivity (Wildman–Crippen MR) is 96.2 cm³/mol. The second-order valence-electron chi connectivity index (χ2n) is 7.00. The van der Waals surface area contributed by atoms with Gasteiger partial charge in [0.2, 0.25) is 0 Å². The molecule has 2 aromatic rings. The number of nitrogens with zero attached hydrogens (tertiary/aromatic N) is 1. The van der Waals surface area contributed by atoms with Crippen LogP contribution in [0.4, 0.5) is 0 Å². The minimum Gasteiger partial charge on any atom is -0.338 e. The molecule has 1 aliphatic rings. The van der Waals surface area contributed by atoms with Crippen LogP contribution in [-0.4, -0.2) is 16.5 Å². The van der Waals surface area contributed by atoms with Crippen molar-refractivity contribution in [3.8, 4) is 0 Å². The van der Waals surface area contributed by atoms with Crippen molar-refractivity contribution in [3.05, 3.63) is 26.6 Å². The van der Waals surface area contributed by atoms with Crippen LogP contribution in [0.15, 0.2) is 4.79 Å². The summed E-state index contributed by atoms with van der Waals surface area (Å²) in [5, 5.41) is 3.15. The van der Waals surface area contributed by atoms with Gasteiger partial charge in [0.25, 0.3) is 5.56 Å². The first-order valence-electron chi connectivity index (χ1n) is 8.98. The van der Waals surface area contributed by atoms with Crippen molar-refractivity contribution >= 4 is 21.6 Å². The minimum absolute atomic E-state index is 0.0610. The van der Waals surface area contributed by atoms with E-state index in [9.17, 15) is 4.79 Å². The molecule has 2 heterocycles. The van der Waals surface area contributed by atoms with Crippen molar-refractivity contribution in [2.24, 2.45) is 5.92 Å². The Kier molecular flexibility index (Phi) is 5.17. The highest BCUT2D eigenvalue weighted by atomic mass is 32.1. The maximum absolute atomic E-state index is 12.6. The summed E-state index contributed by atoms with van der Waals surface area (Å²) in [6, 6.07) is 0.210. The number of quaternary nitrogens is 1.